The van der Waals surface area contributed by atoms with Gasteiger partial charge in [0.05, 0.1) is 29.1 Å². The highest BCUT2D eigenvalue weighted by Crippen LogP contribution is 2.49. The topological polar surface area (TPSA) is 93.5 Å². The predicted octanol–water partition coefficient (Wildman–Crippen LogP) is 2.47. The lowest BCUT2D eigenvalue weighted by atomic mass is 9.84. The number of carbonyl (C=O) groups is 1. The highest BCUT2D eigenvalue weighted by Gasteiger charge is 2.42. The molecule has 5 rings (SSSR count). The Morgan fingerprint density at radius 3 is 2.73 bits per heavy atom. The molecule has 2 aromatic rings. The summed E-state index contributed by atoms with van der Waals surface area (Å²) in [6, 6.07) is 5.31. The Balaban J connectivity index is 1.24. The van der Waals surface area contributed by atoms with Gasteiger partial charge in [-0.15, -0.1) is 0 Å². The van der Waals surface area contributed by atoms with Gasteiger partial charge in [0.2, 0.25) is 15.9 Å². The van der Waals surface area contributed by atoms with Crippen LogP contribution in [0, 0.1) is 17.8 Å². The van der Waals surface area contributed by atoms with E-state index in [0.29, 0.717) is 50.6 Å². The summed E-state index contributed by atoms with van der Waals surface area (Å²) in [6.45, 7) is 3.71. The number of aryl methyl sites for hydroxylation is 2. The zero-order valence-electron chi connectivity index (χ0n) is 19.5. The smallest absolute Gasteiger partial charge is 0.243 e. The number of rotatable bonds is 7. The third-order valence-electron chi connectivity index (χ3n) is 7.95. The van der Waals surface area contributed by atoms with Gasteiger partial charge in [-0.25, -0.2) is 13.4 Å². The fourth-order valence-electron chi connectivity index (χ4n) is 6.11. The standard InChI is InChI=1S/C24H34N4O4S/c1-16(20-14-17-3-4-18(20)13-17)25-24(29)8-7-23-26-21-15-19(5-6-22(21)27(23)2)33(30,31)28-9-11-32-12-10-28/h5-6,15-18,20H,3-4,7-14H2,1-2H3,(H,25,29). The van der Waals surface area contributed by atoms with Crippen molar-refractivity contribution in [2.45, 2.75) is 56.4 Å². The monoisotopic (exact) mass is 474 g/mol. The van der Waals surface area contributed by atoms with E-state index >= 15 is 0 Å². The summed E-state index contributed by atoms with van der Waals surface area (Å²) in [5.41, 5.74) is 1.50. The summed E-state index contributed by atoms with van der Waals surface area (Å²) >= 11 is 0. The molecule has 1 aromatic carbocycles. The molecule has 2 aliphatic carbocycles. The van der Waals surface area contributed by atoms with E-state index in [2.05, 4.69) is 17.2 Å². The number of nitrogens with one attached hydrogen (secondary N) is 1. The minimum Gasteiger partial charge on any atom is -0.379 e. The van der Waals surface area contributed by atoms with Gasteiger partial charge in [0.1, 0.15) is 5.82 Å². The lowest BCUT2D eigenvalue weighted by Gasteiger charge is -2.28. The molecule has 2 heterocycles. The number of hydrogen-bond acceptors (Lipinski definition) is 5. The van der Waals surface area contributed by atoms with E-state index in [1.54, 1.807) is 18.2 Å². The first-order valence-electron chi connectivity index (χ1n) is 12.2. The molecule has 3 fully saturated rings. The summed E-state index contributed by atoms with van der Waals surface area (Å²) in [5.74, 6) is 3.13. The van der Waals surface area contributed by atoms with Gasteiger partial charge in [-0.1, -0.05) is 6.42 Å². The number of fused-ring (bicyclic) bond motifs is 3. The van der Waals surface area contributed by atoms with Gasteiger partial charge >= 0.3 is 0 Å². The summed E-state index contributed by atoms with van der Waals surface area (Å²) < 4.78 is 34.6. The molecule has 33 heavy (non-hydrogen) atoms. The van der Waals surface area contributed by atoms with Crippen molar-refractivity contribution in [1.29, 1.82) is 0 Å². The first kappa shape index (κ1) is 22.8. The summed E-state index contributed by atoms with van der Waals surface area (Å²) in [4.78, 5) is 17.5. The number of nitrogens with zero attached hydrogens (tertiary/aromatic N) is 3. The van der Waals surface area contributed by atoms with Gasteiger partial charge in [-0.3, -0.25) is 4.79 Å². The molecule has 0 radical (unpaired) electrons. The number of amides is 1. The van der Waals surface area contributed by atoms with Crippen molar-refractivity contribution in [2.75, 3.05) is 26.3 Å². The Morgan fingerprint density at radius 1 is 1.24 bits per heavy atom. The first-order valence-corrected chi connectivity index (χ1v) is 13.6. The van der Waals surface area contributed by atoms with Crippen LogP contribution < -0.4 is 5.32 Å². The van der Waals surface area contributed by atoms with Crippen molar-refractivity contribution in [3.63, 3.8) is 0 Å². The van der Waals surface area contributed by atoms with Crippen molar-refractivity contribution in [2.24, 2.45) is 24.8 Å². The molecule has 1 saturated heterocycles. The fraction of sp³-hybridized carbons (Fsp3) is 0.667. The number of carbonyl (C=O) groups excluding carboxylic acids is 1. The molecule has 8 nitrogen and oxygen atoms in total. The molecule has 2 bridgehead atoms. The van der Waals surface area contributed by atoms with Crippen LogP contribution in [-0.2, 0) is 33.0 Å². The largest absolute Gasteiger partial charge is 0.379 e. The minimum absolute atomic E-state index is 0.0629. The Hall–Kier alpha value is -1.97. The molecular weight excluding hydrogens is 440 g/mol. The van der Waals surface area contributed by atoms with E-state index in [0.717, 1.165) is 23.2 Å². The van der Waals surface area contributed by atoms with Crippen LogP contribution in [-0.4, -0.2) is 60.5 Å². The molecule has 1 N–H and O–H groups in total. The van der Waals surface area contributed by atoms with Crippen LogP contribution >= 0.6 is 0 Å². The SMILES string of the molecule is CC(NC(=O)CCc1nc2cc(S(=O)(=O)N3CCOCC3)ccc2n1C)C1CC2CCC1C2. The van der Waals surface area contributed by atoms with E-state index in [1.165, 1.54) is 30.0 Å². The number of morpholine rings is 1. The maximum atomic E-state index is 13.0. The van der Waals surface area contributed by atoms with Crippen molar-refractivity contribution in [1.82, 2.24) is 19.2 Å². The van der Waals surface area contributed by atoms with Gasteiger partial charge in [-0.05, 0) is 62.1 Å². The number of hydrogen-bond donors (Lipinski definition) is 1. The van der Waals surface area contributed by atoms with Crippen LogP contribution in [0.1, 0.15) is 44.9 Å². The van der Waals surface area contributed by atoms with Crippen LogP contribution in [0.5, 0.6) is 0 Å². The molecule has 4 atom stereocenters. The van der Waals surface area contributed by atoms with Crippen LogP contribution in [0.4, 0.5) is 0 Å². The Morgan fingerprint density at radius 2 is 2.03 bits per heavy atom. The molecule has 9 heteroatoms. The molecule has 1 aromatic heterocycles. The Labute approximate surface area is 195 Å². The summed E-state index contributed by atoms with van der Waals surface area (Å²) in [7, 11) is -1.65. The maximum absolute atomic E-state index is 13.0. The molecule has 2 saturated carbocycles. The van der Waals surface area contributed by atoms with Crippen LogP contribution in [0.25, 0.3) is 11.0 Å². The molecule has 180 valence electrons. The van der Waals surface area contributed by atoms with E-state index in [1.807, 2.05) is 11.6 Å². The van der Waals surface area contributed by atoms with Crippen molar-refractivity contribution in [3.05, 3.63) is 24.0 Å². The number of sulfonamides is 1. The normalized spacial score (nSPS) is 26.7. The maximum Gasteiger partial charge on any atom is 0.243 e. The van der Waals surface area contributed by atoms with Gasteiger partial charge in [0, 0.05) is 39.0 Å². The predicted molar refractivity (Wildman–Crippen MR) is 125 cm³/mol. The highest BCUT2D eigenvalue weighted by molar-refractivity contribution is 7.89. The number of aromatic nitrogens is 2. The number of imidazole rings is 1. The summed E-state index contributed by atoms with van der Waals surface area (Å²) in [5, 5.41) is 3.22. The second-order valence-corrected chi connectivity index (χ2v) is 11.9. The number of benzene rings is 1. The minimum atomic E-state index is -3.57. The van der Waals surface area contributed by atoms with Gasteiger partial charge in [0.15, 0.2) is 0 Å². The Kier molecular flexibility index (Phi) is 6.22. The molecule has 1 amide bonds. The quantitative estimate of drug-likeness (QED) is 0.665. The lowest BCUT2D eigenvalue weighted by Crippen LogP contribution is -2.40. The lowest BCUT2D eigenvalue weighted by molar-refractivity contribution is -0.122. The van der Waals surface area contributed by atoms with E-state index in [-0.39, 0.29) is 16.8 Å². The van der Waals surface area contributed by atoms with Crippen LogP contribution in [0.2, 0.25) is 0 Å². The Bertz CT molecular complexity index is 1140. The molecule has 0 spiro atoms. The molecule has 4 unspecified atom stereocenters. The second kappa shape index (κ2) is 9.00. The molecular formula is C24H34N4O4S. The average molecular weight is 475 g/mol. The average Bonchev–Trinajstić information content (AvgIpc) is 3.53. The fourth-order valence-corrected chi connectivity index (χ4v) is 7.54. The van der Waals surface area contributed by atoms with Crippen LogP contribution in [0.15, 0.2) is 23.1 Å². The van der Waals surface area contributed by atoms with Crippen molar-refractivity contribution < 1.29 is 17.9 Å². The zero-order valence-corrected chi connectivity index (χ0v) is 20.3. The summed E-state index contributed by atoms with van der Waals surface area (Å²) in [6.07, 6.45) is 6.18. The highest BCUT2D eigenvalue weighted by atomic mass is 32.2. The molecule has 3 aliphatic rings. The van der Waals surface area contributed by atoms with Crippen molar-refractivity contribution in [3.8, 4) is 0 Å². The third-order valence-corrected chi connectivity index (χ3v) is 9.85. The van der Waals surface area contributed by atoms with Gasteiger partial charge in [-0.2, -0.15) is 4.31 Å². The first-order chi connectivity index (χ1) is 15.8. The van der Waals surface area contributed by atoms with E-state index in [9.17, 15) is 13.2 Å². The third kappa shape index (κ3) is 4.42. The van der Waals surface area contributed by atoms with E-state index in [4.69, 9.17) is 4.74 Å². The van der Waals surface area contributed by atoms with E-state index < -0.39 is 10.0 Å². The second-order valence-electron chi connectivity index (χ2n) is 9.95. The zero-order chi connectivity index (χ0) is 23.2. The van der Waals surface area contributed by atoms with Gasteiger partial charge < -0.3 is 14.6 Å². The number of ether oxygens (including phenoxy) is 1. The molecule has 1 aliphatic heterocycles. The van der Waals surface area contributed by atoms with Crippen molar-refractivity contribution >= 4 is 27.0 Å². The van der Waals surface area contributed by atoms with Gasteiger partial charge in [0.25, 0.3) is 0 Å². The van der Waals surface area contributed by atoms with Crippen LogP contribution in [0.3, 0.4) is 0 Å².